The molecule has 5 unspecified atom stereocenters. The third kappa shape index (κ3) is 1.99. The molecular formula is C13H18O6S. The molecule has 1 saturated heterocycles. The molecule has 2 saturated carbocycles. The van der Waals surface area contributed by atoms with Gasteiger partial charge < -0.3 is 9.47 Å². The van der Waals surface area contributed by atoms with Gasteiger partial charge in [0.15, 0.2) is 0 Å². The van der Waals surface area contributed by atoms with Crippen molar-refractivity contribution in [3.05, 3.63) is 12.7 Å². The molecule has 0 amide bonds. The molecule has 2 bridgehead atoms. The fourth-order valence-electron chi connectivity index (χ4n) is 3.88. The van der Waals surface area contributed by atoms with Crippen LogP contribution in [0.25, 0.3) is 0 Å². The number of hydrogen-bond acceptors (Lipinski definition) is 6. The first kappa shape index (κ1) is 14.0. The van der Waals surface area contributed by atoms with E-state index in [0.717, 1.165) is 12.5 Å². The van der Waals surface area contributed by atoms with E-state index in [1.807, 2.05) is 6.92 Å². The molecule has 2 aliphatic carbocycles. The molecule has 0 aromatic rings. The summed E-state index contributed by atoms with van der Waals surface area (Å²) in [6, 6.07) is 0. The molecule has 1 heterocycles. The molecule has 0 spiro atoms. The maximum atomic E-state index is 11.9. The number of rotatable bonds is 5. The topological polar surface area (TPSA) is 78.9 Å². The van der Waals surface area contributed by atoms with Gasteiger partial charge >= 0.3 is 5.97 Å². The minimum atomic E-state index is -3.43. The number of carbonyl (C=O) groups excluding carboxylic acids is 1. The maximum Gasteiger partial charge on any atom is 0.330 e. The number of ether oxygens (including phenoxy) is 2. The Hall–Kier alpha value is -0.920. The first-order chi connectivity index (χ1) is 9.37. The smallest absolute Gasteiger partial charge is 0.330 e. The standard InChI is InChI=1S/C13H18O6S/c1-3-10(14)17-4-5-18-12-11-8-6-13(12,2)7-9(8)20(15,16)19-11/h3,8-9,11-12H,1,4-7H2,2H3. The second-order valence-corrected chi connectivity index (χ2v) is 7.76. The van der Waals surface area contributed by atoms with Crippen molar-refractivity contribution in [3.63, 3.8) is 0 Å². The van der Waals surface area contributed by atoms with Crippen molar-refractivity contribution in [3.8, 4) is 0 Å². The van der Waals surface area contributed by atoms with E-state index in [1.54, 1.807) is 0 Å². The van der Waals surface area contributed by atoms with E-state index in [9.17, 15) is 13.2 Å². The van der Waals surface area contributed by atoms with Gasteiger partial charge in [-0.15, -0.1) is 0 Å². The molecule has 1 aliphatic heterocycles. The first-order valence-electron chi connectivity index (χ1n) is 6.70. The molecule has 3 aliphatic rings. The molecular weight excluding hydrogens is 284 g/mol. The minimum absolute atomic E-state index is 0.0470. The zero-order valence-corrected chi connectivity index (χ0v) is 12.1. The lowest BCUT2D eigenvalue weighted by atomic mass is 9.82. The van der Waals surface area contributed by atoms with E-state index in [4.69, 9.17) is 13.7 Å². The first-order valence-corrected chi connectivity index (χ1v) is 8.17. The van der Waals surface area contributed by atoms with Crippen LogP contribution in [0, 0.1) is 11.3 Å². The average Bonchev–Trinajstić information content (AvgIpc) is 2.91. The van der Waals surface area contributed by atoms with Crippen molar-refractivity contribution in [2.24, 2.45) is 11.3 Å². The van der Waals surface area contributed by atoms with Crippen LogP contribution in [0.3, 0.4) is 0 Å². The van der Waals surface area contributed by atoms with Crippen LogP contribution in [-0.2, 0) is 28.6 Å². The van der Waals surface area contributed by atoms with Crippen molar-refractivity contribution in [2.75, 3.05) is 13.2 Å². The summed E-state index contributed by atoms with van der Waals surface area (Å²) < 4.78 is 39.6. The van der Waals surface area contributed by atoms with E-state index >= 15 is 0 Å². The Morgan fingerprint density at radius 1 is 1.45 bits per heavy atom. The lowest BCUT2D eigenvalue weighted by Gasteiger charge is -2.32. The monoisotopic (exact) mass is 302 g/mol. The molecule has 20 heavy (non-hydrogen) atoms. The van der Waals surface area contributed by atoms with Crippen LogP contribution in [0.15, 0.2) is 12.7 Å². The minimum Gasteiger partial charge on any atom is -0.460 e. The van der Waals surface area contributed by atoms with Crippen molar-refractivity contribution >= 4 is 16.1 Å². The molecule has 3 fully saturated rings. The van der Waals surface area contributed by atoms with E-state index in [2.05, 4.69) is 6.58 Å². The molecule has 0 N–H and O–H groups in total. The summed E-state index contributed by atoms with van der Waals surface area (Å²) in [5, 5.41) is -0.365. The van der Waals surface area contributed by atoms with Crippen LogP contribution in [0.4, 0.5) is 0 Å². The summed E-state index contributed by atoms with van der Waals surface area (Å²) in [5.41, 5.74) is -0.161. The van der Waals surface area contributed by atoms with Crippen LogP contribution in [0.1, 0.15) is 19.8 Å². The third-order valence-corrected chi connectivity index (χ3v) is 6.41. The maximum absolute atomic E-state index is 11.9. The van der Waals surface area contributed by atoms with Gasteiger partial charge in [-0.3, -0.25) is 4.18 Å². The third-order valence-electron chi connectivity index (χ3n) is 4.66. The summed E-state index contributed by atoms with van der Waals surface area (Å²) in [7, 11) is -3.43. The van der Waals surface area contributed by atoms with Gasteiger partial charge in [0.05, 0.1) is 18.0 Å². The molecule has 112 valence electrons. The fourth-order valence-corrected chi connectivity index (χ4v) is 5.84. The molecule has 3 rings (SSSR count). The van der Waals surface area contributed by atoms with Gasteiger partial charge in [-0.25, -0.2) is 4.79 Å². The van der Waals surface area contributed by atoms with E-state index < -0.39 is 16.1 Å². The predicted octanol–water partition coefficient (Wildman–Crippen LogP) is 0.628. The van der Waals surface area contributed by atoms with Crippen molar-refractivity contribution in [1.29, 1.82) is 0 Å². The van der Waals surface area contributed by atoms with Crippen LogP contribution in [0.5, 0.6) is 0 Å². The zero-order chi connectivity index (χ0) is 14.5. The van der Waals surface area contributed by atoms with Gasteiger partial charge in [0.2, 0.25) is 0 Å². The van der Waals surface area contributed by atoms with E-state index in [0.29, 0.717) is 6.42 Å². The Kier molecular flexibility index (Phi) is 3.19. The SMILES string of the molecule is C=CC(=O)OCCOC1C2OS(=O)(=O)C3CC1(C)CC23. The van der Waals surface area contributed by atoms with Gasteiger partial charge in [-0.05, 0) is 18.3 Å². The summed E-state index contributed by atoms with van der Waals surface area (Å²) in [5.74, 6) is -0.446. The molecule has 0 radical (unpaired) electrons. The van der Waals surface area contributed by atoms with E-state index in [1.165, 1.54) is 0 Å². The second kappa shape index (κ2) is 4.54. The van der Waals surface area contributed by atoms with Gasteiger partial charge in [-0.2, -0.15) is 8.42 Å². The predicted molar refractivity (Wildman–Crippen MR) is 69.3 cm³/mol. The highest BCUT2D eigenvalue weighted by atomic mass is 32.2. The Morgan fingerprint density at radius 2 is 2.20 bits per heavy atom. The summed E-state index contributed by atoms with van der Waals surface area (Å²) in [6.07, 6.45) is 1.88. The van der Waals surface area contributed by atoms with Gasteiger partial charge in [0, 0.05) is 12.0 Å². The summed E-state index contributed by atoms with van der Waals surface area (Å²) in [4.78, 5) is 10.9. The number of esters is 1. The van der Waals surface area contributed by atoms with E-state index in [-0.39, 0.29) is 42.0 Å². The molecule has 0 aromatic heterocycles. The van der Waals surface area contributed by atoms with Gasteiger partial charge in [0.25, 0.3) is 10.1 Å². The van der Waals surface area contributed by atoms with Crippen LogP contribution in [0.2, 0.25) is 0 Å². The highest BCUT2D eigenvalue weighted by Crippen LogP contribution is 2.61. The van der Waals surface area contributed by atoms with Crippen molar-refractivity contribution in [1.82, 2.24) is 0 Å². The number of hydrogen-bond donors (Lipinski definition) is 0. The molecule has 6 nitrogen and oxygen atoms in total. The Labute approximate surface area is 118 Å². The summed E-state index contributed by atoms with van der Waals surface area (Å²) in [6.45, 7) is 5.71. The van der Waals surface area contributed by atoms with Crippen molar-refractivity contribution < 1.29 is 26.9 Å². The highest BCUT2D eigenvalue weighted by Gasteiger charge is 2.69. The Bertz CT molecular complexity index is 541. The number of carbonyl (C=O) groups is 1. The van der Waals surface area contributed by atoms with Crippen LogP contribution in [-0.4, -0.2) is 45.1 Å². The second-order valence-electron chi connectivity index (χ2n) is 5.98. The fraction of sp³-hybridized carbons (Fsp3) is 0.769. The number of fused-ring (bicyclic) bond motifs is 1. The lowest BCUT2D eigenvalue weighted by Crippen LogP contribution is -2.41. The van der Waals surface area contributed by atoms with Crippen LogP contribution >= 0.6 is 0 Å². The molecule has 7 heteroatoms. The van der Waals surface area contributed by atoms with Gasteiger partial charge in [-0.1, -0.05) is 13.5 Å². The van der Waals surface area contributed by atoms with Gasteiger partial charge in [0.1, 0.15) is 12.7 Å². The molecule has 5 atom stereocenters. The van der Waals surface area contributed by atoms with Crippen molar-refractivity contribution in [2.45, 2.75) is 37.2 Å². The highest BCUT2D eigenvalue weighted by molar-refractivity contribution is 7.87. The summed E-state index contributed by atoms with van der Waals surface area (Å²) >= 11 is 0. The Balaban J connectivity index is 1.62. The zero-order valence-electron chi connectivity index (χ0n) is 11.3. The average molecular weight is 302 g/mol. The lowest BCUT2D eigenvalue weighted by molar-refractivity contribution is -0.142. The normalized spacial score (nSPS) is 43.6. The van der Waals surface area contributed by atoms with Crippen LogP contribution < -0.4 is 0 Å². The molecule has 0 aromatic carbocycles. The quantitative estimate of drug-likeness (QED) is 0.321. The Morgan fingerprint density at radius 3 is 2.90 bits per heavy atom. The largest absolute Gasteiger partial charge is 0.460 e.